The first kappa shape index (κ1) is 10.1. The minimum Gasteiger partial charge on any atom is -0.506 e. The van der Waals surface area contributed by atoms with E-state index >= 15 is 0 Å². The summed E-state index contributed by atoms with van der Waals surface area (Å²) in [4.78, 5) is 8.36. The third kappa shape index (κ3) is 1.94. The number of benzene rings is 1. The van der Waals surface area contributed by atoms with E-state index < -0.39 is 0 Å². The second-order valence-electron chi connectivity index (χ2n) is 3.65. The molecule has 17 heavy (non-hydrogen) atoms. The zero-order valence-electron chi connectivity index (χ0n) is 8.92. The van der Waals surface area contributed by atoms with Crippen molar-refractivity contribution in [3.63, 3.8) is 0 Å². The number of fused-ring (bicyclic) bond motifs is 1. The normalized spacial score (nSPS) is 12.1. The fourth-order valence-corrected chi connectivity index (χ4v) is 2.31. The molecule has 0 saturated carbocycles. The predicted octanol–water partition coefficient (Wildman–Crippen LogP) is 3.68. The number of hydrogen-bond acceptors (Lipinski definition) is 3. The van der Waals surface area contributed by atoms with Crippen LogP contribution < -0.4 is 0 Å². The van der Waals surface area contributed by atoms with E-state index in [0.29, 0.717) is 5.82 Å². The van der Waals surface area contributed by atoms with Crippen LogP contribution in [0.1, 0.15) is 10.7 Å². The number of rotatable bonds is 2. The van der Waals surface area contributed by atoms with Crippen LogP contribution in [0.3, 0.4) is 0 Å². The highest BCUT2D eigenvalue weighted by Crippen LogP contribution is 2.20. The van der Waals surface area contributed by atoms with Crippen molar-refractivity contribution in [2.24, 2.45) is 0 Å². The zero-order valence-corrected chi connectivity index (χ0v) is 9.74. The van der Waals surface area contributed by atoms with Crippen LogP contribution in [0, 0.1) is 0 Å². The minimum atomic E-state index is 0.235. The first-order chi connectivity index (χ1) is 8.33. The lowest BCUT2D eigenvalue weighted by Gasteiger charge is -1.92. The molecule has 0 spiro atoms. The van der Waals surface area contributed by atoms with Gasteiger partial charge in [0, 0.05) is 6.08 Å². The highest BCUT2D eigenvalue weighted by atomic mass is 32.1. The number of nitrogens with zero attached hydrogens (tertiary/aromatic N) is 1. The summed E-state index contributed by atoms with van der Waals surface area (Å²) in [5.74, 6) is 0.899. The van der Waals surface area contributed by atoms with Crippen molar-refractivity contribution in [3.8, 4) is 0 Å². The molecular formula is C13H10N2OS. The van der Waals surface area contributed by atoms with Gasteiger partial charge in [0.05, 0.1) is 15.9 Å². The molecule has 0 bridgehead atoms. The Balaban J connectivity index is 2.02. The fourth-order valence-electron chi connectivity index (χ4n) is 1.67. The molecule has 4 heteroatoms. The van der Waals surface area contributed by atoms with Gasteiger partial charge in [-0.25, -0.2) is 4.98 Å². The molecule has 0 aliphatic carbocycles. The Hall–Kier alpha value is -2.07. The quantitative estimate of drug-likeness (QED) is 0.673. The number of thiophene rings is 1. The second kappa shape index (κ2) is 4.07. The van der Waals surface area contributed by atoms with E-state index in [0.717, 1.165) is 15.9 Å². The van der Waals surface area contributed by atoms with Crippen LogP contribution in [0.15, 0.2) is 41.8 Å². The van der Waals surface area contributed by atoms with E-state index in [9.17, 15) is 5.11 Å². The molecule has 0 atom stereocenters. The molecule has 0 unspecified atom stereocenters. The molecule has 0 fully saturated rings. The Morgan fingerprint density at radius 1 is 1.24 bits per heavy atom. The molecule has 1 aromatic carbocycles. The topological polar surface area (TPSA) is 48.9 Å². The summed E-state index contributed by atoms with van der Waals surface area (Å²) >= 11 is 1.50. The van der Waals surface area contributed by atoms with Gasteiger partial charge in [-0.1, -0.05) is 18.2 Å². The Labute approximate surface area is 102 Å². The van der Waals surface area contributed by atoms with Crippen LogP contribution in [0.4, 0.5) is 0 Å². The van der Waals surface area contributed by atoms with Gasteiger partial charge in [0.1, 0.15) is 11.6 Å². The van der Waals surface area contributed by atoms with Gasteiger partial charge in [0.25, 0.3) is 0 Å². The third-order valence-corrected chi connectivity index (χ3v) is 3.35. The molecule has 3 nitrogen and oxygen atoms in total. The summed E-state index contributed by atoms with van der Waals surface area (Å²) in [6.07, 6.45) is 1.64. The first-order valence-corrected chi connectivity index (χ1v) is 6.10. The van der Waals surface area contributed by atoms with E-state index in [4.69, 9.17) is 0 Å². The standard InChI is InChI=1S/C13H10N2OS/c16-11(12-6-3-7-17-12)8-13-14-9-4-1-2-5-10(9)15-13/h1-8,16H,(H,14,15). The average molecular weight is 242 g/mol. The highest BCUT2D eigenvalue weighted by Gasteiger charge is 2.03. The van der Waals surface area contributed by atoms with Gasteiger partial charge in [-0.15, -0.1) is 11.3 Å². The largest absolute Gasteiger partial charge is 0.506 e. The molecule has 84 valence electrons. The van der Waals surface area contributed by atoms with E-state index in [1.807, 2.05) is 41.8 Å². The number of para-hydroxylation sites is 2. The molecule has 0 radical (unpaired) electrons. The maximum atomic E-state index is 9.90. The number of imidazole rings is 1. The Morgan fingerprint density at radius 2 is 2.12 bits per heavy atom. The molecule has 2 heterocycles. The van der Waals surface area contributed by atoms with Crippen molar-refractivity contribution >= 4 is 34.2 Å². The molecule has 0 aliphatic rings. The average Bonchev–Trinajstić information content (AvgIpc) is 2.97. The van der Waals surface area contributed by atoms with Crippen molar-refractivity contribution in [3.05, 3.63) is 52.5 Å². The van der Waals surface area contributed by atoms with Crippen LogP contribution in [0.25, 0.3) is 22.9 Å². The molecule has 3 rings (SSSR count). The highest BCUT2D eigenvalue weighted by molar-refractivity contribution is 7.11. The third-order valence-electron chi connectivity index (χ3n) is 2.45. The summed E-state index contributed by atoms with van der Waals surface area (Å²) < 4.78 is 0. The van der Waals surface area contributed by atoms with Gasteiger partial charge in [0.2, 0.25) is 0 Å². The van der Waals surface area contributed by atoms with Crippen molar-refractivity contribution in [2.75, 3.05) is 0 Å². The van der Waals surface area contributed by atoms with Gasteiger partial charge in [0.15, 0.2) is 0 Å². The summed E-state index contributed by atoms with van der Waals surface area (Å²) in [7, 11) is 0. The second-order valence-corrected chi connectivity index (χ2v) is 4.59. The number of aliphatic hydroxyl groups is 1. The molecule has 3 aromatic rings. The summed E-state index contributed by atoms with van der Waals surface area (Å²) in [6, 6.07) is 11.6. The van der Waals surface area contributed by atoms with Crippen molar-refractivity contribution in [1.29, 1.82) is 0 Å². The first-order valence-electron chi connectivity index (χ1n) is 5.22. The Bertz CT molecular complexity index is 635. The van der Waals surface area contributed by atoms with E-state index in [1.54, 1.807) is 6.08 Å². The number of hydrogen-bond donors (Lipinski definition) is 2. The Morgan fingerprint density at radius 3 is 2.88 bits per heavy atom. The molecule has 2 N–H and O–H groups in total. The maximum Gasteiger partial charge on any atom is 0.136 e. The van der Waals surface area contributed by atoms with Crippen LogP contribution >= 0.6 is 11.3 Å². The Kier molecular flexibility index (Phi) is 2.42. The SMILES string of the molecule is OC(=Cc1nc2ccccc2[nH]1)c1cccs1. The number of aromatic amines is 1. The van der Waals surface area contributed by atoms with Crippen molar-refractivity contribution in [2.45, 2.75) is 0 Å². The number of nitrogens with one attached hydrogen (secondary N) is 1. The minimum absolute atomic E-state index is 0.235. The van der Waals surface area contributed by atoms with E-state index in [1.165, 1.54) is 11.3 Å². The van der Waals surface area contributed by atoms with Gasteiger partial charge in [-0.3, -0.25) is 0 Å². The van der Waals surface area contributed by atoms with Crippen LogP contribution in [-0.4, -0.2) is 15.1 Å². The van der Waals surface area contributed by atoms with E-state index in [2.05, 4.69) is 9.97 Å². The number of aromatic nitrogens is 2. The monoisotopic (exact) mass is 242 g/mol. The van der Waals surface area contributed by atoms with Gasteiger partial charge in [-0.2, -0.15) is 0 Å². The van der Waals surface area contributed by atoms with Gasteiger partial charge >= 0.3 is 0 Å². The zero-order chi connectivity index (χ0) is 11.7. The summed E-state index contributed by atoms with van der Waals surface area (Å²) in [5.41, 5.74) is 1.87. The summed E-state index contributed by atoms with van der Waals surface area (Å²) in [5, 5.41) is 11.8. The molecule has 2 aromatic heterocycles. The molecule has 0 amide bonds. The molecule has 0 aliphatic heterocycles. The van der Waals surface area contributed by atoms with Gasteiger partial charge in [-0.05, 0) is 23.6 Å². The maximum absolute atomic E-state index is 9.90. The lowest BCUT2D eigenvalue weighted by atomic mass is 10.3. The van der Waals surface area contributed by atoms with Crippen LogP contribution in [-0.2, 0) is 0 Å². The molecule has 0 saturated heterocycles. The van der Waals surface area contributed by atoms with Crippen LogP contribution in [0.2, 0.25) is 0 Å². The van der Waals surface area contributed by atoms with Crippen LogP contribution in [0.5, 0.6) is 0 Å². The van der Waals surface area contributed by atoms with Crippen molar-refractivity contribution < 1.29 is 5.11 Å². The van der Waals surface area contributed by atoms with Crippen molar-refractivity contribution in [1.82, 2.24) is 9.97 Å². The summed E-state index contributed by atoms with van der Waals surface area (Å²) in [6.45, 7) is 0. The smallest absolute Gasteiger partial charge is 0.136 e. The fraction of sp³-hybridized carbons (Fsp3) is 0. The predicted molar refractivity (Wildman–Crippen MR) is 70.9 cm³/mol. The van der Waals surface area contributed by atoms with Gasteiger partial charge < -0.3 is 10.1 Å². The molecular weight excluding hydrogens is 232 g/mol. The number of aliphatic hydroxyl groups excluding tert-OH is 1. The lowest BCUT2D eigenvalue weighted by Crippen LogP contribution is -1.79. The number of H-pyrrole nitrogens is 1. The van der Waals surface area contributed by atoms with E-state index in [-0.39, 0.29) is 5.76 Å². The lowest BCUT2D eigenvalue weighted by molar-refractivity contribution is 0.517.